The van der Waals surface area contributed by atoms with Gasteiger partial charge in [0, 0.05) is 13.6 Å². The van der Waals surface area contributed by atoms with Gasteiger partial charge >= 0.3 is 0 Å². The Kier molecular flexibility index (Phi) is 3.36. The van der Waals surface area contributed by atoms with E-state index in [1.54, 1.807) is 12.1 Å². The lowest BCUT2D eigenvalue weighted by atomic mass is 10.1. The molecule has 1 aromatic heterocycles. The fraction of sp³-hybridized carbons (Fsp3) is 0.357. The number of hydrogen-bond donors (Lipinski definition) is 1. The summed E-state index contributed by atoms with van der Waals surface area (Å²) < 4.78 is 15.0. The molecule has 0 saturated heterocycles. The molecule has 1 heterocycles. The van der Waals surface area contributed by atoms with Crippen LogP contribution in [0.15, 0.2) is 18.2 Å². The molecule has 0 atom stereocenters. The van der Waals surface area contributed by atoms with E-state index in [4.69, 9.17) is 0 Å². The molecule has 0 bridgehead atoms. The maximum absolute atomic E-state index is 13.2. The van der Waals surface area contributed by atoms with Crippen LogP contribution in [0, 0.1) is 26.6 Å². The Morgan fingerprint density at radius 1 is 1.28 bits per heavy atom. The maximum Gasteiger partial charge on any atom is 0.123 e. The van der Waals surface area contributed by atoms with Crippen LogP contribution < -0.4 is 5.32 Å². The third kappa shape index (κ3) is 2.37. The zero-order chi connectivity index (χ0) is 13.3. The van der Waals surface area contributed by atoms with Crippen LogP contribution >= 0.6 is 0 Å². The second-order valence-electron chi connectivity index (χ2n) is 4.59. The van der Waals surface area contributed by atoms with Gasteiger partial charge in [-0.1, -0.05) is 6.07 Å². The number of nitrogens with zero attached hydrogens (tertiary/aromatic N) is 2. The Hall–Kier alpha value is -1.84. The summed E-state index contributed by atoms with van der Waals surface area (Å²) in [5, 5.41) is 7.68. The molecule has 0 spiro atoms. The average Bonchev–Trinajstić information content (AvgIpc) is 2.55. The summed E-state index contributed by atoms with van der Waals surface area (Å²) in [6.45, 7) is 6.57. The van der Waals surface area contributed by atoms with E-state index in [1.807, 2.05) is 32.5 Å². The summed E-state index contributed by atoms with van der Waals surface area (Å²) >= 11 is 0. The van der Waals surface area contributed by atoms with Crippen molar-refractivity contribution in [1.29, 1.82) is 0 Å². The van der Waals surface area contributed by atoms with Crippen LogP contribution in [0.25, 0.3) is 0 Å². The van der Waals surface area contributed by atoms with Gasteiger partial charge in [-0.2, -0.15) is 5.10 Å². The Morgan fingerprint density at radius 3 is 2.61 bits per heavy atom. The van der Waals surface area contributed by atoms with Crippen molar-refractivity contribution in [1.82, 2.24) is 9.78 Å². The summed E-state index contributed by atoms with van der Waals surface area (Å²) in [5.74, 6) is -0.197. The highest BCUT2D eigenvalue weighted by Crippen LogP contribution is 2.20. The molecule has 1 N–H and O–H groups in total. The summed E-state index contributed by atoms with van der Waals surface area (Å²) in [7, 11) is 1.92. The molecule has 96 valence electrons. The summed E-state index contributed by atoms with van der Waals surface area (Å²) in [5.41, 5.74) is 5.13. The first-order valence-electron chi connectivity index (χ1n) is 5.98. The van der Waals surface area contributed by atoms with E-state index in [-0.39, 0.29) is 5.82 Å². The molecule has 0 aliphatic carbocycles. The van der Waals surface area contributed by atoms with Crippen LogP contribution in [0.1, 0.15) is 22.5 Å². The van der Waals surface area contributed by atoms with E-state index in [9.17, 15) is 4.39 Å². The lowest BCUT2D eigenvalue weighted by Gasteiger charge is -2.09. The van der Waals surface area contributed by atoms with Crippen molar-refractivity contribution in [2.75, 3.05) is 5.32 Å². The normalized spacial score (nSPS) is 10.7. The number of aryl methyl sites for hydroxylation is 3. The maximum atomic E-state index is 13.2. The molecule has 1 aromatic carbocycles. The van der Waals surface area contributed by atoms with Crippen LogP contribution in [-0.2, 0) is 13.6 Å². The minimum atomic E-state index is -0.197. The topological polar surface area (TPSA) is 29.9 Å². The van der Waals surface area contributed by atoms with Crippen LogP contribution in [-0.4, -0.2) is 9.78 Å². The largest absolute Gasteiger partial charge is 0.378 e. The van der Waals surface area contributed by atoms with Gasteiger partial charge in [0.05, 0.1) is 17.1 Å². The minimum absolute atomic E-state index is 0.197. The Bertz CT molecular complexity index is 573. The average molecular weight is 247 g/mol. The molecular weight excluding hydrogens is 229 g/mol. The fourth-order valence-corrected chi connectivity index (χ4v) is 2.04. The molecule has 0 fully saturated rings. The van der Waals surface area contributed by atoms with E-state index >= 15 is 0 Å². The predicted molar refractivity (Wildman–Crippen MR) is 71.1 cm³/mol. The highest BCUT2D eigenvalue weighted by atomic mass is 19.1. The molecule has 0 unspecified atom stereocenters. The van der Waals surface area contributed by atoms with Crippen molar-refractivity contribution < 1.29 is 4.39 Å². The van der Waals surface area contributed by atoms with Gasteiger partial charge in [0.15, 0.2) is 0 Å². The van der Waals surface area contributed by atoms with Crippen molar-refractivity contribution in [3.63, 3.8) is 0 Å². The highest BCUT2D eigenvalue weighted by Gasteiger charge is 2.09. The van der Waals surface area contributed by atoms with E-state index in [1.165, 1.54) is 6.07 Å². The van der Waals surface area contributed by atoms with Gasteiger partial charge in [-0.05, 0) is 44.0 Å². The summed E-state index contributed by atoms with van der Waals surface area (Å²) in [6, 6.07) is 4.86. The molecule has 3 nitrogen and oxygen atoms in total. The summed E-state index contributed by atoms with van der Waals surface area (Å²) in [6.07, 6.45) is 0. The molecule has 4 heteroatoms. The molecule has 0 saturated carbocycles. The zero-order valence-corrected chi connectivity index (χ0v) is 11.2. The van der Waals surface area contributed by atoms with Crippen LogP contribution in [0.3, 0.4) is 0 Å². The first kappa shape index (κ1) is 12.6. The van der Waals surface area contributed by atoms with E-state index in [0.29, 0.717) is 6.54 Å². The van der Waals surface area contributed by atoms with Gasteiger partial charge in [0.2, 0.25) is 0 Å². The molecule has 2 aromatic rings. The van der Waals surface area contributed by atoms with Crippen molar-refractivity contribution in [3.8, 4) is 0 Å². The Balaban J connectivity index is 2.19. The van der Waals surface area contributed by atoms with Crippen molar-refractivity contribution in [3.05, 3.63) is 46.5 Å². The van der Waals surface area contributed by atoms with Gasteiger partial charge in [-0.3, -0.25) is 4.68 Å². The van der Waals surface area contributed by atoms with E-state index in [0.717, 1.165) is 28.2 Å². The smallest absolute Gasteiger partial charge is 0.123 e. The molecular formula is C14H18FN3. The summed E-state index contributed by atoms with van der Waals surface area (Å²) in [4.78, 5) is 0. The highest BCUT2D eigenvalue weighted by molar-refractivity contribution is 5.52. The molecule has 0 radical (unpaired) electrons. The predicted octanol–water partition coefficient (Wildman–Crippen LogP) is 3.10. The lowest BCUT2D eigenvalue weighted by Crippen LogP contribution is -2.03. The second-order valence-corrected chi connectivity index (χ2v) is 4.59. The van der Waals surface area contributed by atoms with Crippen LogP contribution in [0.4, 0.5) is 10.1 Å². The first-order valence-corrected chi connectivity index (χ1v) is 5.98. The van der Waals surface area contributed by atoms with Gasteiger partial charge in [0.25, 0.3) is 0 Å². The zero-order valence-electron chi connectivity index (χ0n) is 11.2. The molecule has 0 amide bonds. The van der Waals surface area contributed by atoms with Gasteiger partial charge in [-0.15, -0.1) is 0 Å². The number of benzene rings is 1. The molecule has 0 aliphatic rings. The first-order chi connectivity index (χ1) is 8.49. The number of hydrogen-bond acceptors (Lipinski definition) is 2. The van der Waals surface area contributed by atoms with Crippen molar-refractivity contribution in [2.24, 2.45) is 7.05 Å². The monoisotopic (exact) mass is 247 g/mol. The van der Waals surface area contributed by atoms with Crippen LogP contribution in [0.5, 0.6) is 0 Å². The van der Waals surface area contributed by atoms with Crippen LogP contribution in [0.2, 0.25) is 0 Å². The third-order valence-corrected chi connectivity index (χ3v) is 3.28. The number of rotatable bonds is 3. The number of anilines is 1. The SMILES string of the molecule is Cc1ccc(F)cc1CNc1c(C)nn(C)c1C. The quantitative estimate of drug-likeness (QED) is 0.903. The Labute approximate surface area is 107 Å². The van der Waals surface area contributed by atoms with E-state index in [2.05, 4.69) is 10.4 Å². The fourth-order valence-electron chi connectivity index (χ4n) is 2.04. The van der Waals surface area contributed by atoms with Gasteiger partial charge < -0.3 is 5.32 Å². The van der Waals surface area contributed by atoms with E-state index < -0.39 is 0 Å². The Morgan fingerprint density at radius 2 is 2.00 bits per heavy atom. The second kappa shape index (κ2) is 4.80. The van der Waals surface area contributed by atoms with Gasteiger partial charge in [-0.25, -0.2) is 4.39 Å². The molecule has 0 aliphatic heterocycles. The minimum Gasteiger partial charge on any atom is -0.378 e. The van der Waals surface area contributed by atoms with Crippen molar-refractivity contribution >= 4 is 5.69 Å². The third-order valence-electron chi connectivity index (χ3n) is 3.28. The van der Waals surface area contributed by atoms with Crippen molar-refractivity contribution in [2.45, 2.75) is 27.3 Å². The lowest BCUT2D eigenvalue weighted by molar-refractivity contribution is 0.625. The molecule has 18 heavy (non-hydrogen) atoms. The number of aromatic nitrogens is 2. The number of nitrogens with one attached hydrogen (secondary N) is 1. The van der Waals surface area contributed by atoms with Gasteiger partial charge in [0.1, 0.15) is 5.82 Å². The molecule has 2 rings (SSSR count). The number of halogens is 1. The standard InChI is InChI=1S/C14H18FN3/c1-9-5-6-13(15)7-12(9)8-16-14-10(2)17-18(4)11(14)3/h5-7,16H,8H2,1-4H3.